The van der Waals surface area contributed by atoms with Crippen molar-refractivity contribution >= 4 is 17.0 Å². The van der Waals surface area contributed by atoms with Gasteiger partial charge in [0, 0.05) is 10.6 Å². The normalized spacial score (nSPS) is 26.3. The predicted octanol–water partition coefficient (Wildman–Crippen LogP) is 4.68. The minimum atomic E-state index is -4.12. The highest BCUT2D eigenvalue weighted by atomic mass is 32.1. The Morgan fingerprint density at radius 1 is 1.33 bits per heavy atom. The molecule has 1 aromatic heterocycles. The van der Waals surface area contributed by atoms with Crippen LogP contribution < -0.4 is 0 Å². The fourth-order valence-corrected chi connectivity index (χ4v) is 3.13. The maximum atomic E-state index is 12.9. The van der Waals surface area contributed by atoms with Crippen LogP contribution in [0.15, 0.2) is 22.5 Å². The number of rotatable bonds is 2. The highest BCUT2D eigenvalue weighted by Crippen LogP contribution is 2.39. The van der Waals surface area contributed by atoms with Crippen LogP contribution in [-0.2, 0) is 0 Å². The molecule has 100 valence electrons. The van der Waals surface area contributed by atoms with Gasteiger partial charge in [0.05, 0.1) is 12.0 Å². The van der Waals surface area contributed by atoms with Crippen molar-refractivity contribution in [3.8, 4) is 0 Å². The Kier molecular flexibility index (Phi) is 4.10. The Labute approximate surface area is 109 Å². The largest absolute Gasteiger partial charge is 0.393 e. The molecule has 2 rings (SSSR count). The van der Waals surface area contributed by atoms with E-state index in [0.717, 1.165) is 17.0 Å². The van der Waals surface area contributed by atoms with E-state index >= 15 is 0 Å². The van der Waals surface area contributed by atoms with Gasteiger partial charge in [0.2, 0.25) is 0 Å². The van der Waals surface area contributed by atoms with Crippen molar-refractivity contribution in [2.45, 2.75) is 44.8 Å². The molecule has 1 nitrogen and oxygen atoms in total. The molecule has 2 unspecified atom stereocenters. The number of nitrogens with zero attached hydrogens (tertiary/aromatic N) is 1. The summed E-state index contributed by atoms with van der Waals surface area (Å²) < 4.78 is 38.8. The SMILES string of the molecule is CC(=NC1CCCCC1C(F)(F)F)c1cccs1. The zero-order chi connectivity index (χ0) is 13.2. The van der Waals surface area contributed by atoms with E-state index in [9.17, 15) is 13.2 Å². The van der Waals surface area contributed by atoms with Crippen LogP contribution in [0.4, 0.5) is 13.2 Å². The molecule has 0 aliphatic heterocycles. The number of aliphatic imine (C=N–C) groups is 1. The van der Waals surface area contributed by atoms with Crippen LogP contribution in [0.5, 0.6) is 0 Å². The molecule has 0 amide bonds. The zero-order valence-corrected chi connectivity index (χ0v) is 11.0. The van der Waals surface area contributed by atoms with E-state index in [0.29, 0.717) is 12.8 Å². The second kappa shape index (κ2) is 5.43. The number of thiophene rings is 1. The quantitative estimate of drug-likeness (QED) is 0.695. The lowest BCUT2D eigenvalue weighted by molar-refractivity contribution is -0.185. The first-order chi connectivity index (χ1) is 8.48. The van der Waals surface area contributed by atoms with Crippen LogP contribution in [0.1, 0.15) is 37.5 Å². The number of halogens is 3. The molecule has 1 aliphatic carbocycles. The van der Waals surface area contributed by atoms with Crippen molar-refractivity contribution < 1.29 is 13.2 Å². The first-order valence-corrected chi connectivity index (χ1v) is 7.01. The van der Waals surface area contributed by atoms with Gasteiger partial charge >= 0.3 is 6.18 Å². The molecule has 1 saturated carbocycles. The van der Waals surface area contributed by atoms with Crippen molar-refractivity contribution in [2.24, 2.45) is 10.9 Å². The second-order valence-electron chi connectivity index (χ2n) is 4.69. The third-order valence-electron chi connectivity index (χ3n) is 3.39. The highest BCUT2D eigenvalue weighted by molar-refractivity contribution is 7.12. The number of alkyl halides is 3. The molecule has 18 heavy (non-hydrogen) atoms. The van der Waals surface area contributed by atoms with Gasteiger partial charge in [0.25, 0.3) is 0 Å². The van der Waals surface area contributed by atoms with E-state index in [2.05, 4.69) is 4.99 Å². The summed E-state index contributed by atoms with van der Waals surface area (Å²) in [6.07, 6.45) is -1.85. The van der Waals surface area contributed by atoms with E-state index in [-0.39, 0.29) is 6.42 Å². The molecule has 0 saturated heterocycles. The third kappa shape index (κ3) is 3.13. The van der Waals surface area contributed by atoms with E-state index in [1.165, 1.54) is 11.3 Å². The minimum Gasteiger partial charge on any atom is -0.285 e. The van der Waals surface area contributed by atoms with Crippen LogP contribution in [-0.4, -0.2) is 17.9 Å². The second-order valence-corrected chi connectivity index (χ2v) is 5.64. The maximum Gasteiger partial charge on any atom is 0.393 e. The predicted molar refractivity (Wildman–Crippen MR) is 68.3 cm³/mol. The molecule has 1 aliphatic rings. The molecule has 0 spiro atoms. The van der Waals surface area contributed by atoms with E-state index in [1.54, 1.807) is 6.92 Å². The van der Waals surface area contributed by atoms with Gasteiger partial charge in [0.15, 0.2) is 0 Å². The molecular formula is C13H16F3NS. The molecule has 0 radical (unpaired) electrons. The summed E-state index contributed by atoms with van der Waals surface area (Å²) in [5.74, 6) is -1.26. The Hall–Kier alpha value is -0.840. The van der Waals surface area contributed by atoms with Crippen LogP contribution in [0.3, 0.4) is 0 Å². The lowest BCUT2D eigenvalue weighted by Gasteiger charge is -2.30. The van der Waals surface area contributed by atoms with Crippen molar-refractivity contribution in [1.29, 1.82) is 0 Å². The summed E-state index contributed by atoms with van der Waals surface area (Å²) in [5, 5.41) is 1.91. The van der Waals surface area contributed by atoms with E-state index < -0.39 is 18.1 Å². The topological polar surface area (TPSA) is 12.4 Å². The summed E-state index contributed by atoms with van der Waals surface area (Å²) >= 11 is 1.52. The van der Waals surface area contributed by atoms with E-state index in [1.807, 2.05) is 17.5 Å². The van der Waals surface area contributed by atoms with E-state index in [4.69, 9.17) is 0 Å². The molecule has 5 heteroatoms. The van der Waals surface area contributed by atoms with Gasteiger partial charge in [-0.3, -0.25) is 4.99 Å². The Morgan fingerprint density at radius 3 is 2.67 bits per heavy atom. The van der Waals surface area contributed by atoms with Crippen LogP contribution in [0.2, 0.25) is 0 Å². The average molecular weight is 275 g/mol. The van der Waals surface area contributed by atoms with Gasteiger partial charge < -0.3 is 0 Å². The maximum absolute atomic E-state index is 12.9. The third-order valence-corrected chi connectivity index (χ3v) is 4.37. The molecule has 0 aromatic carbocycles. The summed E-state index contributed by atoms with van der Waals surface area (Å²) in [6, 6.07) is 3.19. The van der Waals surface area contributed by atoms with Gasteiger partial charge in [-0.05, 0) is 31.2 Å². The number of hydrogen-bond donors (Lipinski definition) is 0. The van der Waals surface area contributed by atoms with Crippen molar-refractivity contribution in [2.75, 3.05) is 0 Å². The first-order valence-electron chi connectivity index (χ1n) is 6.13. The van der Waals surface area contributed by atoms with Gasteiger partial charge in [-0.15, -0.1) is 11.3 Å². The average Bonchev–Trinajstić information content (AvgIpc) is 2.81. The Bertz CT molecular complexity index is 408. The molecule has 1 fully saturated rings. The summed E-state index contributed by atoms with van der Waals surface area (Å²) in [7, 11) is 0. The Balaban J connectivity index is 2.17. The van der Waals surface area contributed by atoms with Crippen molar-refractivity contribution in [1.82, 2.24) is 0 Å². The highest BCUT2D eigenvalue weighted by Gasteiger charge is 2.45. The monoisotopic (exact) mass is 275 g/mol. The van der Waals surface area contributed by atoms with Crippen LogP contribution in [0.25, 0.3) is 0 Å². The molecule has 0 bridgehead atoms. The minimum absolute atomic E-state index is 0.218. The van der Waals surface area contributed by atoms with Gasteiger partial charge in [-0.25, -0.2) is 0 Å². The molecule has 2 atom stereocenters. The first kappa shape index (κ1) is 13.6. The van der Waals surface area contributed by atoms with Crippen molar-refractivity contribution in [3.63, 3.8) is 0 Å². The molecule has 1 aromatic rings. The fourth-order valence-electron chi connectivity index (χ4n) is 2.44. The van der Waals surface area contributed by atoms with Gasteiger partial charge in [-0.2, -0.15) is 13.2 Å². The van der Waals surface area contributed by atoms with Crippen LogP contribution in [0, 0.1) is 5.92 Å². The lowest BCUT2D eigenvalue weighted by Crippen LogP contribution is -2.36. The molecule has 1 heterocycles. The summed E-state index contributed by atoms with van der Waals surface area (Å²) in [4.78, 5) is 5.29. The standard InChI is InChI=1S/C13H16F3NS/c1-9(12-7-4-8-18-12)17-11-6-3-2-5-10(11)13(14,15)16/h4,7-8,10-11H,2-3,5-6H2,1H3. The van der Waals surface area contributed by atoms with Crippen LogP contribution >= 0.6 is 11.3 Å². The molecule has 0 N–H and O–H groups in total. The van der Waals surface area contributed by atoms with Crippen molar-refractivity contribution in [3.05, 3.63) is 22.4 Å². The Morgan fingerprint density at radius 2 is 2.06 bits per heavy atom. The summed E-state index contributed by atoms with van der Waals surface area (Å²) in [6.45, 7) is 1.80. The summed E-state index contributed by atoms with van der Waals surface area (Å²) in [5.41, 5.74) is 0.728. The fraction of sp³-hybridized carbons (Fsp3) is 0.615. The smallest absolute Gasteiger partial charge is 0.285 e. The lowest BCUT2D eigenvalue weighted by atomic mass is 9.84. The molecular weight excluding hydrogens is 259 g/mol. The van der Waals surface area contributed by atoms with Gasteiger partial charge in [-0.1, -0.05) is 18.9 Å². The zero-order valence-electron chi connectivity index (χ0n) is 10.2. The number of hydrogen-bond acceptors (Lipinski definition) is 2. The van der Waals surface area contributed by atoms with Gasteiger partial charge in [0.1, 0.15) is 0 Å².